The van der Waals surface area contributed by atoms with Gasteiger partial charge in [-0.1, -0.05) is 63.2 Å². The van der Waals surface area contributed by atoms with E-state index >= 15 is 0 Å². The van der Waals surface area contributed by atoms with E-state index in [-0.39, 0.29) is 11.8 Å². The molecule has 3 nitrogen and oxygen atoms in total. The first kappa shape index (κ1) is 18.2. The van der Waals surface area contributed by atoms with Gasteiger partial charge in [0.25, 0.3) is 0 Å². The fraction of sp³-hybridized carbons (Fsp3) is 0.381. The lowest BCUT2D eigenvalue weighted by Crippen LogP contribution is -2.23. The van der Waals surface area contributed by atoms with E-state index in [0.717, 1.165) is 37.3 Å². The van der Waals surface area contributed by atoms with Crippen LogP contribution in [0.2, 0.25) is 0 Å². The van der Waals surface area contributed by atoms with Gasteiger partial charge < -0.3 is 5.32 Å². The maximum Gasteiger partial charge on any atom is 0.231 e. The van der Waals surface area contributed by atoms with E-state index in [2.05, 4.69) is 36.2 Å². The van der Waals surface area contributed by atoms with E-state index in [0.29, 0.717) is 0 Å². The van der Waals surface area contributed by atoms with Gasteiger partial charge in [0.1, 0.15) is 0 Å². The molecule has 0 radical (unpaired) electrons. The molecule has 1 N–H and O–H groups in total. The number of anilines is 1. The molecule has 0 spiro atoms. The predicted molar refractivity (Wildman–Crippen MR) is 101 cm³/mol. The van der Waals surface area contributed by atoms with Crippen molar-refractivity contribution < 1.29 is 4.79 Å². The SMILES string of the molecule is CCC(C(=O)Nc1cccc(CN(CC)CC)c1)c1ccccc1. The molecule has 0 aliphatic rings. The van der Waals surface area contributed by atoms with Crippen molar-refractivity contribution in [1.82, 2.24) is 4.90 Å². The van der Waals surface area contributed by atoms with Crippen molar-refractivity contribution in [2.75, 3.05) is 18.4 Å². The summed E-state index contributed by atoms with van der Waals surface area (Å²) in [6.07, 6.45) is 0.787. The Balaban J connectivity index is 2.08. The van der Waals surface area contributed by atoms with Gasteiger partial charge in [0.15, 0.2) is 0 Å². The molecule has 0 fully saturated rings. The van der Waals surface area contributed by atoms with Crippen molar-refractivity contribution in [2.24, 2.45) is 0 Å². The van der Waals surface area contributed by atoms with E-state index in [1.807, 2.05) is 49.4 Å². The molecule has 0 saturated heterocycles. The van der Waals surface area contributed by atoms with Gasteiger partial charge in [0.05, 0.1) is 5.92 Å². The first-order valence-corrected chi connectivity index (χ1v) is 8.85. The Labute approximate surface area is 145 Å². The van der Waals surface area contributed by atoms with Crippen molar-refractivity contribution in [3.05, 3.63) is 65.7 Å². The molecule has 24 heavy (non-hydrogen) atoms. The van der Waals surface area contributed by atoms with E-state index in [1.165, 1.54) is 5.56 Å². The fourth-order valence-corrected chi connectivity index (χ4v) is 2.94. The summed E-state index contributed by atoms with van der Waals surface area (Å²) in [4.78, 5) is 15.0. The second-order valence-electron chi connectivity index (χ2n) is 6.02. The lowest BCUT2D eigenvalue weighted by molar-refractivity contribution is -0.117. The number of hydrogen-bond donors (Lipinski definition) is 1. The van der Waals surface area contributed by atoms with Crippen LogP contribution < -0.4 is 5.32 Å². The standard InChI is InChI=1S/C21H28N2O/c1-4-20(18-12-8-7-9-13-18)21(24)22-19-14-10-11-17(15-19)16-23(5-2)6-3/h7-15,20H,4-6,16H2,1-3H3,(H,22,24). The molecule has 128 valence electrons. The molecule has 3 heteroatoms. The predicted octanol–water partition coefficient (Wildman–Crippen LogP) is 4.66. The van der Waals surface area contributed by atoms with Crippen LogP contribution in [0.3, 0.4) is 0 Å². The zero-order valence-corrected chi connectivity index (χ0v) is 15.0. The van der Waals surface area contributed by atoms with E-state index < -0.39 is 0 Å². The minimum atomic E-state index is -0.113. The summed E-state index contributed by atoms with van der Waals surface area (Å²) >= 11 is 0. The van der Waals surface area contributed by atoms with Crippen molar-refractivity contribution >= 4 is 11.6 Å². The highest BCUT2D eigenvalue weighted by atomic mass is 16.1. The van der Waals surface area contributed by atoms with Gasteiger partial charge in [-0.25, -0.2) is 0 Å². The first-order chi connectivity index (χ1) is 11.7. The van der Waals surface area contributed by atoms with Gasteiger partial charge in [-0.15, -0.1) is 0 Å². The highest BCUT2D eigenvalue weighted by Crippen LogP contribution is 2.22. The highest BCUT2D eigenvalue weighted by Gasteiger charge is 2.18. The second kappa shape index (κ2) is 9.24. The van der Waals surface area contributed by atoms with E-state index in [9.17, 15) is 4.79 Å². The number of carbonyl (C=O) groups is 1. The third-order valence-electron chi connectivity index (χ3n) is 4.42. The zero-order valence-electron chi connectivity index (χ0n) is 15.0. The van der Waals surface area contributed by atoms with E-state index in [1.54, 1.807) is 0 Å². The van der Waals surface area contributed by atoms with Crippen LogP contribution in [0.25, 0.3) is 0 Å². The van der Waals surface area contributed by atoms with E-state index in [4.69, 9.17) is 0 Å². The van der Waals surface area contributed by atoms with Gasteiger partial charge in [0, 0.05) is 12.2 Å². The fourth-order valence-electron chi connectivity index (χ4n) is 2.94. The number of carbonyl (C=O) groups excluding carboxylic acids is 1. The van der Waals surface area contributed by atoms with Gasteiger partial charge in [-0.05, 0) is 42.8 Å². The molecular weight excluding hydrogens is 296 g/mol. The maximum absolute atomic E-state index is 12.7. The average Bonchev–Trinajstić information content (AvgIpc) is 2.61. The Kier molecular flexibility index (Phi) is 7.01. The number of hydrogen-bond acceptors (Lipinski definition) is 2. The van der Waals surface area contributed by atoms with Crippen molar-refractivity contribution in [1.29, 1.82) is 0 Å². The number of benzene rings is 2. The summed E-state index contributed by atoms with van der Waals surface area (Å²) in [5, 5.41) is 3.08. The lowest BCUT2D eigenvalue weighted by Gasteiger charge is -2.19. The molecule has 1 atom stereocenters. The number of amides is 1. The molecule has 1 unspecified atom stereocenters. The van der Waals surface area contributed by atoms with Crippen LogP contribution in [-0.2, 0) is 11.3 Å². The van der Waals surface area contributed by atoms with Crippen LogP contribution in [0.5, 0.6) is 0 Å². The summed E-state index contributed by atoms with van der Waals surface area (Å²) < 4.78 is 0. The van der Waals surface area contributed by atoms with Crippen LogP contribution in [0.15, 0.2) is 54.6 Å². The minimum absolute atomic E-state index is 0.0590. The highest BCUT2D eigenvalue weighted by molar-refractivity contribution is 5.95. The van der Waals surface area contributed by atoms with Crippen LogP contribution >= 0.6 is 0 Å². The van der Waals surface area contributed by atoms with Gasteiger partial charge in [-0.2, -0.15) is 0 Å². The molecule has 0 aliphatic heterocycles. The molecule has 1 amide bonds. The van der Waals surface area contributed by atoms with Crippen molar-refractivity contribution in [3.63, 3.8) is 0 Å². The van der Waals surface area contributed by atoms with Crippen molar-refractivity contribution in [3.8, 4) is 0 Å². The monoisotopic (exact) mass is 324 g/mol. The zero-order chi connectivity index (χ0) is 17.4. The number of nitrogens with zero attached hydrogens (tertiary/aromatic N) is 1. The van der Waals surface area contributed by atoms with Crippen molar-refractivity contribution in [2.45, 2.75) is 39.7 Å². The average molecular weight is 324 g/mol. The van der Waals surface area contributed by atoms with Crippen LogP contribution in [0.4, 0.5) is 5.69 Å². The van der Waals surface area contributed by atoms with Crippen LogP contribution in [0.1, 0.15) is 44.2 Å². The maximum atomic E-state index is 12.7. The summed E-state index contributed by atoms with van der Waals surface area (Å²) in [7, 11) is 0. The topological polar surface area (TPSA) is 32.3 Å². The first-order valence-electron chi connectivity index (χ1n) is 8.85. The summed E-state index contributed by atoms with van der Waals surface area (Å²) in [5.74, 6) is -0.0543. The molecule has 0 bridgehead atoms. The molecule has 2 aromatic rings. The Morgan fingerprint density at radius 3 is 2.33 bits per heavy atom. The Hall–Kier alpha value is -2.13. The normalized spacial score (nSPS) is 12.2. The molecule has 0 saturated carbocycles. The van der Waals surface area contributed by atoms with Crippen LogP contribution in [-0.4, -0.2) is 23.9 Å². The Morgan fingerprint density at radius 1 is 1.00 bits per heavy atom. The summed E-state index contributed by atoms with van der Waals surface area (Å²) in [6.45, 7) is 9.35. The second-order valence-corrected chi connectivity index (χ2v) is 6.02. The molecule has 0 heterocycles. The minimum Gasteiger partial charge on any atom is -0.326 e. The lowest BCUT2D eigenvalue weighted by atomic mass is 9.95. The molecule has 0 aromatic heterocycles. The molecule has 2 aromatic carbocycles. The molecular formula is C21H28N2O. The van der Waals surface area contributed by atoms with Crippen LogP contribution in [0, 0.1) is 0 Å². The smallest absolute Gasteiger partial charge is 0.231 e. The summed E-state index contributed by atoms with van der Waals surface area (Å²) in [5.41, 5.74) is 3.17. The van der Waals surface area contributed by atoms with Gasteiger partial charge >= 0.3 is 0 Å². The Bertz CT molecular complexity index is 635. The third kappa shape index (κ3) is 4.93. The quantitative estimate of drug-likeness (QED) is 0.766. The van der Waals surface area contributed by atoms with Gasteiger partial charge in [-0.3, -0.25) is 9.69 Å². The summed E-state index contributed by atoms with van der Waals surface area (Å²) in [6, 6.07) is 18.1. The number of nitrogens with one attached hydrogen (secondary N) is 1. The number of rotatable bonds is 8. The Morgan fingerprint density at radius 2 is 1.71 bits per heavy atom. The largest absolute Gasteiger partial charge is 0.326 e. The third-order valence-corrected chi connectivity index (χ3v) is 4.42. The van der Waals surface area contributed by atoms with Gasteiger partial charge in [0.2, 0.25) is 5.91 Å². The molecule has 0 aliphatic carbocycles. The molecule has 2 rings (SSSR count).